The zero-order chi connectivity index (χ0) is 21.1. The lowest BCUT2D eigenvalue weighted by Crippen LogP contribution is -2.42. The number of carbonyl (C=O) groups is 1. The number of rotatable bonds is 5. The van der Waals surface area contributed by atoms with Crippen molar-refractivity contribution >= 4 is 6.09 Å². The third-order valence-corrected chi connectivity index (χ3v) is 4.22. The van der Waals surface area contributed by atoms with Gasteiger partial charge in [0.2, 0.25) is 0 Å². The molecule has 1 aliphatic rings. The molecule has 0 aromatic heterocycles. The molecule has 0 aromatic rings. The summed E-state index contributed by atoms with van der Waals surface area (Å²) in [4.78, 5) is 11.3. The van der Waals surface area contributed by atoms with Crippen molar-refractivity contribution in [1.29, 1.82) is 0 Å². The van der Waals surface area contributed by atoms with Crippen molar-refractivity contribution in [2.24, 2.45) is 10.8 Å². The topological polar surface area (TPSA) is 38.3 Å². The van der Waals surface area contributed by atoms with Crippen LogP contribution in [0.1, 0.15) is 114 Å². The summed E-state index contributed by atoms with van der Waals surface area (Å²) in [7, 11) is 0. The highest BCUT2D eigenvalue weighted by Gasteiger charge is 2.21. The Hall–Kier alpha value is -0.990. The van der Waals surface area contributed by atoms with Gasteiger partial charge in [-0.1, -0.05) is 60.1 Å². The Balaban J connectivity index is 0.000000501. The summed E-state index contributed by atoms with van der Waals surface area (Å²) >= 11 is 0. The minimum Gasteiger partial charge on any atom is -0.446 e. The fourth-order valence-electron chi connectivity index (χ4n) is 2.85. The molecule has 0 saturated heterocycles. The van der Waals surface area contributed by atoms with Crippen LogP contribution in [-0.2, 0) is 4.74 Å². The van der Waals surface area contributed by atoms with Gasteiger partial charge in [0.15, 0.2) is 0 Å². The van der Waals surface area contributed by atoms with E-state index in [9.17, 15) is 4.79 Å². The highest BCUT2D eigenvalue weighted by molar-refractivity contribution is 5.68. The number of hydrogen-bond acceptors (Lipinski definition) is 2. The lowest BCUT2D eigenvalue weighted by Gasteiger charge is -2.21. The first-order valence-electron chi connectivity index (χ1n) is 10.8. The molecule has 0 atom stereocenters. The summed E-state index contributed by atoms with van der Waals surface area (Å²) in [5.74, 6) is 0. The van der Waals surface area contributed by atoms with Crippen molar-refractivity contribution in [3.05, 3.63) is 12.2 Å². The molecule has 1 fully saturated rings. The van der Waals surface area contributed by atoms with Crippen molar-refractivity contribution in [2.75, 3.05) is 0 Å². The fourth-order valence-corrected chi connectivity index (χ4v) is 2.85. The molecular weight excluding hydrogens is 334 g/mol. The summed E-state index contributed by atoms with van der Waals surface area (Å²) in [6.07, 6.45) is 14.2. The molecule has 0 aromatic carbocycles. The Labute approximate surface area is 169 Å². The van der Waals surface area contributed by atoms with E-state index in [1.807, 2.05) is 20.8 Å². The van der Waals surface area contributed by atoms with E-state index < -0.39 is 0 Å². The van der Waals surface area contributed by atoms with Crippen LogP contribution in [0.25, 0.3) is 0 Å². The number of nitrogens with one attached hydrogen (secondary N) is 1. The van der Waals surface area contributed by atoms with Crippen LogP contribution < -0.4 is 5.32 Å². The molecule has 1 saturated carbocycles. The molecule has 160 valence electrons. The standard InChI is InChI=1S/C14H28.C10H19NO2/c1-13(2,3)11-9-7-8-10-12-14(4,5)6;1-10(2,3)11-9(12)13-8-6-4-5-7-8/h9,11H,7-8,10,12H2,1-6H3;8H,4-7H2,1-3H3,(H,11,12)/b11-9-;. The van der Waals surface area contributed by atoms with Crippen LogP contribution in [0.15, 0.2) is 12.2 Å². The average Bonchev–Trinajstić information content (AvgIpc) is 2.91. The Morgan fingerprint density at radius 1 is 0.963 bits per heavy atom. The smallest absolute Gasteiger partial charge is 0.407 e. The number of unbranched alkanes of at least 4 members (excludes halogenated alkanes) is 2. The summed E-state index contributed by atoms with van der Waals surface area (Å²) in [5, 5.41) is 2.78. The predicted molar refractivity (Wildman–Crippen MR) is 118 cm³/mol. The predicted octanol–water partition coefficient (Wildman–Crippen LogP) is 7.65. The molecule has 27 heavy (non-hydrogen) atoms. The molecule has 3 nitrogen and oxygen atoms in total. The normalized spacial score (nSPS) is 16.2. The van der Waals surface area contributed by atoms with Gasteiger partial charge in [-0.05, 0) is 76.5 Å². The highest BCUT2D eigenvalue weighted by Crippen LogP contribution is 2.23. The highest BCUT2D eigenvalue weighted by atomic mass is 16.6. The van der Waals surface area contributed by atoms with Crippen LogP contribution in [0.3, 0.4) is 0 Å². The van der Waals surface area contributed by atoms with Crippen molar-refractivity contribution < 1.29 is 9.53 Å². The first kappa shape index (κ1) is 26.0. The van der Waals surface area contributed by atoms with Gasteiger partial charge in [-0.3, -0.25) is 0 Å². The van der Waals surface area contributed by atoms with E-state index in [2.05, 4.69) is 59.0 Å². The molecule has 1 amide bonds. The summed E-state index contributed by atoms with van der Waals surface area (Å²) < 4.78 is 5.24. The maximum Gasteiger partial charge on any atom is 0.407 e. The van der Waals surface area contributed by atoms with Crippen molar-refractivity contribution in [3.63, 3.8) is 0 Å². The molecule has 0 aliphatic heterocycles. The van der Waals surface area contributed by atoms with Crippen LogP contribution in [0.2, 0.25) is 0 Å². The van der Waals surface area contributed by atoms with Crippen LogP contribution in [0, 0.1) is 10.8 Å². The van der Waals surface area contributed by atoms with Crippen LogP contribution in [0.4, 0.5) is 4.79 Å². The van der Waals surface area contributed by atoms with Crippen LogP contribution >= 0.6 is 0 Å². The van der Waals surface area contributed by atoms with E-state index in [0.717, 1.165) is 12.8 Å². The van der Waals surface area contributed by atoms with Gasteiger partial charge >= 0.3 is 6.09 Å². The van der Waals surface area contributed by atoms with E-state index in [1.165, 1.54) is 38.5 Å². The third-order valence-electron chi connectivity index (χ3n) is 4.22. The van der Waals surface area contributed by atoms with Gasteiger partial charge in [0.05, 0.1) is 0 Å². The Kier molecular flexibility index (Phi) is 11.3. The lowest BCUT2D eigenvalue weighted by atomic mass is 9.89. The largest absolute Gasteiger partial charge is 0.446 e. The Morgan fingerprint density at radius 3 is 1.96 bits per heavy atom. The van der Waals surface area contributed by atoms with Crippen molar-refractivity contribution in [3.8, 4) is 0 Å². The van der Waals surface area contributed by atoms with Gasteiger partial charge in [0.1, 0.15) is 6.10 Å². The monoisotopic (exact) mass is 381 g/mol. The van der Waals surface area contributed by atoms with E-state index >= 15 is 0 Å². The number of allylic oxidation sites excluding steroid dienone is 2. The summed E-state index contributed by atoms with van der Waals surface area (Å²) in [6.45, 7) is 19.5. The van der Waals surface area contributed by atoms with Crippen LogP contribution in [0.5, 0.6) is 0 Å². The molecular formula is C24H47NO2. The van der Waals surface area contributed by atoms with Gasteiger partial charge < -0.3 is 10.1 Å². The van der Waals surface area contributed by atoms with Gasteiger partial charge in [0, 0.05) is 5.54 Å². The first-order valence-corrected chi connectivity index (χ1v) is 10.8. The summed E-state index contributed by atoms with van der Waals surface area (Å²) in [6, 6.07) is 0. The maximum atomic E-state index is 11.3. The SMILES string of the molecule is CC(C)(C)/C=C\CCCCC(C)(C)C.CC(C)(C)NC(=O)OC1CCCC1. The molecule has 0 heterocycles. The summed E-state index contributed by atoms with van der Waals surface area (Å²) in [5.41, 5.74) is 0.660. The number of amides is 1. The molecule has 0 radical (unpaired) electrons. The zero-order valence-electron chi connectivity index (χ0n) is 19.7. The second kappa shape index (κ2) is 11.8. The van der Waals surface area contributed by atoms with Crippen LogP contribution in [-0.4, -0.2) is 17.7 Å². The van der Waals surface area contributed by atoms with Crippen molar-refractivity contribution in [1.82, 2.24) is 5.32 Å². The van der Waals surface area contributed by atoms with E-state index in [4.69, 9.17) is 4.74 Å². The fraction of sp³-hybridized carbons (Fsp3) is 0.875. The molecule has 0 bridgehead atoms. The third kappa shape index (κ3) is 19.6. The second-order valence-corrected chi connectivity index (χ2v) is 11.3. The first-order chi connectivity index (χ1) is 12.2. The Bertz CT molecular complexity index is 427. The number of alkyl carbamates (subject to hydrolysis) is 1. The van der Waals surface area contributed by atoms with E-state index in [-0.39, 0.29) is 17.7 Å². The average molecular weight is 382 g/mol. The molecule has 0 spiro atoms. The second-order valence-electron chi connectivity index (χ2n) is 11.3. The Morgan fingerprint density at radius 2 is 1.52 bits per heavy atom. The molecule has 1 rings (SSSR count). The molecule has 1 aliphatic carbocycles. The quantitative estimate of drug-likeness (QED) is 0.392. The van der Waals surface area contributed by atoms with Gasteiger partial charge in [-0.15, -0.1) is 0 Å². The lowest BCUT2D eigenvalue weighted by molar-refractivity contribution is 0.0945. The number of ether oxygens (including phenoxy) is 1. The number of carbonyl (C=O) groups excluding carboxylic acids is 1. The van der Waals surface area contributed by atoms with E-state index in [1.54, 1.807) is 0 Å². The number of hydrogen-bond donors (Lipinski definition) is 1. The van der Waals surface area contributed by atoms with Gasteiger partial charge in [-0.25, -0.2) is 4.79 Å². The zero-order valence-corrected chi connectivity index (χ0v) is 19.7. The minimum atomic E-state index is -0.278. The molecule has 1 N–H and O–H groups in total. The molecule has 3 heteroatoms. The van der Waals surface area contributed by atoms with Crippen molar-refractivity contribution in [2.45, 2.75) is 125 Å². The maximum absolute atomic E-state index is 11.3. The van der Waals surface area contributed by atoms with Gasteiger partial charge in [-0.2, -0.15) is 0 Å². The van der Waals surface area contributed by atoms with E-state index in [0.29, 0.717) is 10.8 Å². The van der Waals surface area contributed by atoms with Gasteiger partial charge in [0.25, 0.3) is 0 Å². The molecule has 0 unspecified atom stereocenters. The minimum absolute atomic E-state index is 0.155.